The lowest BCUT2D eigenvalue weighted by Crippen LogP contribution is -1.81. The zero-order valence-electron chi connectivity index (χ0n) is 6.15. The Kier molecular flexibility index (Phi) is 4.50. The third kappa shape index (κ3) is 3.59. The second-order valence-corrected chi connectivity index (χ2v) is 4.67. The van der Waals surface area contributed by atoms with E-state index in [0.29, 0.717) is 0 Å². The maximum Gasteiger partial charge on any atom is 0.0285 e. The molecule has 0 radical (unpaired) electrons. The van der Waals surface area contributed by atoms with E-state index in [1.807, 2.05) is 11.3 Å². The van der Waals surface area contributed by atoms with Gasteiger partial charge in [0.2, 0.25) is 0 Å². The van der Waals surface area contributed by atoms with Crippen LogP contribution < -0.4 is 0 Å². The van der Waals surface area contributed by atoms with Crippen molar-refractivity contribution in [2.45, 2.75) is 19.3 Å². The van der Waals surface area contributed by atoms with Gasteiger partial charge in [-0.15, -0.1) is 22.9 Å². The summed E-state index contributed by atoms with van der Waals surface area (Å²) in [6, 6.07) is 2.18. The van der Waals surface area contributed by atoms with Crippen LogP contribution in [0.5, 0.6) is 0 Å². The van der Waals surface area contributed by atoms with Gasteiger partial charge in [-0.2, -0.15) is 0 Å². The molecule has 0 N–H and O–H groups in total. The molecule has 3 heteroatoms. The van der Waals surface area contributed by atoms with Crippen LogP contribution in [0, 0.1) is 0 Å². The lowest BCUT2D eigenvalue weighted by Gasteiger charge is -1.92. The molecule has 0 aliphatic carbocycles. The van der Waals surface area contributed by atoms with Gasteiger partial charge in [-0.25, -0.2) is 0 Å². The average Bonchev–Trinajstić information content (AvgIpc) is 2.37. The Hall–Kier alpha value is 0.470. The third-order valence-corrected chi connectivity index (χ3v) is 3.45. The summed E-state index contributed by atoms with van der Waals surface area (Å²) in [7, 11) is 0. The van der Waals surface area contributed by atoms with Crippen LogP contribution in [0.1, 0.15) is 17.7 Å². The number of unbranched alkanes of at least 4 members (excludes halogenated alkanes) is 1. The maximum absolute atomic E-state index is 5.57. The van der Waals surface area contributed by atoms with Gasteiger partial charge in [0.1, 0.15) is 0 Å². The van der Waals surface area contributed by atoms with Crippen molar-refractivity contribution in [1.29, 1.82) is 0 Å². The van der Waals surface area contributed by atoms with Gasteiger partial charge in [0.05, 0.1) is 0 Å². The Morgan fingerprint density at radius 2 is 2.27 bits per heavy atom. The Morgan fingerprint density at radius 3 is 2.82 bits per heavy atom. The molecule has 0 atom stereocenters. The van der Waals surface area contributed by atoms with Gasteiger partial charge in [0, 0.05) is 20.6 Å². The van der Waals surface area contributed by atoms with Crippen molar-refractivity contribution in [2.24, 2.45) is 0 Å². The highest BCUT2D eigenvalue weighted by Crippen LogP contribution is 2.21. The first-order chi connectivity index (χ1) is 5.33. The van der Waals surface area contributed by atoms with Crippen LogP contribution in [-0.2, 0) is 6.42 Å². The average molecular weight is 254 g/mol. The number of halogens is 2. The summed E-state index contributed by atoms with van der Waals surface area (Å²) >= 11 is 10.8. The minimum absolute atomic E-state index is 0.784. The first-order valence-corrected chi connectivity index (χ1v) is 5.82. The maximum atomic E-state index is 5.57. The highest BCUT2D eigenvalue weighted by atomic mass is 79.9. The minimum Gasteiger partial charge on any atom is -0.148 e. The fraction of sp³-hybridized carbons (Fsp3) is 0.500. The molecule has 0 amide bonds. The Bertz CT molecular complexity index is 210. The van der Waals surface area contributed by atoms with Crippen LogP contribution in [0.3, 0.4) is 0 Å². The van der Waals surface area contributed by atoms with E-state index < -0.39 is 0 Å². The molecule has 0 aromatic carbocycles. The molecule has 1 heterocycles. The first kappa shape index (κ1) is 9.56. The first-order valence-electron chi connectivity index (χ1n) is 3.62. The SMILES string of the molecule is ClCCCCc1cc(Br)cs1. The molecule has 0 spiro atoms. The van der Waals surface area contributed by atoms with E-state index in [1.54, 1.807) is 0 Å². The quantitative estimate of drug-likeness (QED) is 0.560. The topological polar surface area (TPSA) is 0 Å². The minimum atomic E-state index is 0.784. The van der Waals surface area contributed by atoms with E-state index in [1.165, 1.54) is 22.2 Å². The van der Waals surface area contributed by atoms with Crippen molar-refractivity contribution in [3.05, 3.63) is 20.8 Å². The molecule has 0 aliphatic rings. The lowest BCUT2D eigenvalue weighted by atomic mass is 10.2. The second-order valence-electron chi connectivity index (χ2n) is 2.38. The number of aryl methyl sites for hydroxylation is 1. The van der Waals surface area contributed by atoms with Gasteiger partial charge >= 0.3 is 0 Å². The summed E-state index contributed by atoms with van der Waals surface area (Å²) in [6.45, 7) is 0. The molecule has 0 saturated carbocycles. The zero-order chi connectivity index (χ0) is 8.10. The molecule has 62 valence electrons. The van der Waals surface area contributed by atoms with Crippen LogP contribution in [0.2, 0.25) is 0 Å². The Balaban J connectivity index is 2.27. The summed E-state index contributed by atoms with van der Waals surface area (Å²) in [5.41, 5.74) is 0. The van der Waals surface area contributed by atoms with E-state index in [4.69, 9.17) is 11.6 Å². The molecule has 0 saturated heterocycles. The van der Waals surface area contributed by atoms with Crippen molar-refractivity contribution >= 4 is 38.9 Å². The summed E-state index contributed by atoms with van der Waals surface area (Å²) in [5.74, 6) is 0.784. The standard InChI is InChI=1S/C8H10BrClS/c9-7-5-8(11-6-7)3-1-2-4-10/h5-6H,1-4H2. The van der Waals surface area contributed by atoms with E-state index in [0.717, 1.165) is 12.3 Å². The summed E-state index contributed by atoms with van der Waals surface area (Å²) in [6.07, 6.45) is 3.50. The number of thiophene rings is 1. The van der Waals surface area contributed by atoms with Crippen LogP contribution >= 0.6 is 38.9 Å². The largest absolute Gasteiger partial charge is 0.148 e. The van der Waals surface area contributed by atoms with Gasteiger partial charge in [-0.1, -0.05) is 0 Å². The van der Waals surface area contributed by atoms with Crippen LogP contribution in [0.25, 0.3) is 0 Å². The summed E-state index contributed by atoms with van der Waals surface area (Å²) < 4.78 is 1.20. The van der Waals surface area contributed by atoms with Crippen molar-refractivity contribution in [3.63, 3.8) is 0 Å². The highest BCUT2D eigenvalue weighted by molar-refractivity contribution is 9.10. The molecule has 0 aliphatic heterocycles. The zero-order valence-corrected chi connectivity index (χ0v) is 9.31. The van der Waals surface area contributed by atoms with Crippen molar-refractivity contribution in [2.75, 3.05) is 5.88 Å². The molecule has 0 fully saturated rings. The summed E-state index contributed by atoms with van der Waals surface area (Å²) in [5, 5.41) is 2.12. The normalized spacial score (nSPS) is 10.4. The number of hydrogen-bond acceptors (Lipinski definition) is 1. The fourth-order valence-electron chi connectivity index (χ4n) is 0.879. The van der Waals surface area contributed by atoms with Crippen molar-refractivity contribution < 1.29 is 0 Å². The molecule has 0 unspecified atom stereocenters. The van der Waals surface area contributed by atoms with E-state index in [9.17, 15) is 0 Å². The predicted molar refractivity (Wildman–Crippen MR) is 55.7 cm³/mol. The van der Waals surface area contributed by atoms with Crippen LogP contribution in [0.15, 0.2) is 15.9 Å². The van der Waals surface area contributed by atoms with Crippen LogP contribution in [-0.4, -0.2) is 5.88 Å². The molecule has 1 aromatic rings. The van der Waals surface area contributed by atoms with E-state index in [-0.39, 0.29) is 0 Å². The highest BCUT2D eigenvalue weighted by Gasteiger charge is 1.96. The molecular formula is C8H10BrClS. The number of alkyl halides is 1. The fourth-order valence-corrected chi connectivity index (χ4v) is 2.57. The van der Waals surface area contributed by atoms with Gasteiger partial charge in [0.25, 0.3) is 0 Å². The molecule has 1 rings (SSSR count). The van der Waals surface area contributed by atoms with Gasteiger partial charge < -0.3 is 0 Å². The smallest absolute Gasteiger partial charge is 0.0285 e. The molecule has 0 nitrogen and oxygen atoms in total. The Labute approximate surface area is 84.7 Å². The second kappa shape index (κ2) is 5.18. The van der Waals surface area contributed by atoms with Crippen LogP contribution in [0.4, 0.5) is 0 Å². The van der Waals surface area contributed by atoms with Crippen molar-refractivity contribution in [1.82, 2.24) is 0 Å². The number of rotatable bonds is 4. The molecule has 11 heavy (non-hydrogen) atoms. The molecule has 1 aromatic heterocycles. The lowest BCUT2D eigenvalue weighted by molar-refractivity contribution is 0.809. The predicted octanol–water partition coefficient (Wildman–Crippen LogP) is 4.07. The molecular weight excluding hydrogens is 244 g/mol. The number of hydrogen-bond donors (Lipinski definition) is 0. The Morgan fingerprint density at radius 1 is 1.45 bits per heavy atom. The third-order valence-electron chi connectivity index (χ3n) is 1.43. The molecule has 0 bridgehead atoms. The summed E-state index contributed by atoms with van der Waals surface area (Å²) in [4.78, 5) is 1.45. The van der Waals surface area contributed by atoms with Crippen molar-refractivity contribution in [3.8, 4) is 0 Å². The van der Waals surface area contributed by atoms with E-state index in [2.05, 4.69) is 27.4 Å². The van der Waals surface area contributed by atoms with Gasteiger partial charge in [0.15, 0.2) is 0 Å². The van der Waals surface area contributed by atoms with E-state index >= 15 is 0 Å². The monoisotopic (exact) mass is 252 g/mol. The van der Waals surface area contributed by atoms with Gasteiger partial charge in [-0.3, -0.25) is 0 Å². The van der Waals surface area contributed by atoms with Gasteiger partial charge in [-0.05, 0) is 41.3 Å².